The molecule has 4 aliphatic heterocycles. The molecular weight excluding hydrogens is 513 g/mol. The number of nitrogens with one attached hydrogen (secondary N) is 1. The molecule has 6 rings (SSSR count). The van der Waals surface area contributed by atoms with Crippen LogP contribution in [0.4, 0.5) is 14.9 Å². The minimum atomic E-state index is -0.906. The Kier molecular flexibility index (Phi) is 7.16. The van der Waals surface area contributed by atoms with E-state index in [-0.39, 0.29) is 30.1 Å². The smallest absolute Gasteiger partial charge is 0.411 e. The molecule has 1 saturated carbocycles. The van der Waals surface area contributed by atoms with E-state index in [1.165, 1.54) is 0 Å². The van der Waals surface area contributed by atoms with Gasteiger partial charge in [0.1, 0.15) is 23.5 Å². The minimum Gasteiger partial charge on any atom is -0.444 e. The fourth-order valence-electron chi connectivity index (χ4n) is 7.44. The number of fused-ring (bicyclic) bond motifs is 3. The molecule has 2 bridgehead atoms. The van der Waals surface area contributed by atoms with Gasteiger partial charge >= 0.3 is 6.09 Å². The highest BCUT2D eigenvalue weighted by molar-refractivity contribution is 5.87. The lowest BCUT2D eigenvalue weighted by molar-refractivity contribution is -0.128. The molecule has 1 aromatic rings. The van der Waals surface area contributed by atoms with Crippen LogP contribution < -0.4 is 10.2 Å². The molecule has 9 nitrogen and oxygen atoms in total. The van der Waals surface area contributed by atoms with Crippen LogP contribution >= 0.6 is 0 Å². The molecule has 5 fully saturated rings. The zero-order chi connectivity index (χ0) is 28.2. The van der Waals surface area contributed by atoms with Crippen molar-refractivity contribution in [3.8, 4) is 6.07 Å². The fourth-order valence-corrected chi connectivity index (χ4v) is 7.44. The second kappa shape index (κ2) is 10.5. The van der Waals surface area contributed by atoms with Gasteiger partial charge in [-0.3, -0.25) is 14.6 Å². The van der Waals surface area contributed by atoms with E-state index in [0.29, 0.717) is 23.6 Å². The number of carbonyl (C=O) groups is 2. The summed E-state index contributed by atoms with van der Waals surface area (Å²) in [7, 11) is 0. The fraction of sp³-hybridized carbons (Fsp3) is 0.700. The number of ether oxygens (including phenoxy) is 2. The molecule has 1 aliphatic carbocycles. The lowest BCUT2D eigenvalue weighted by atomic mass is 9.97. The number of rotatable bonds is 6. The molecule has 2 amide bonds. The van der Waals surface area contributed by atoms with Crippen molar-refractivity contribution < 1.29 is 23.5 Å². The zero-order valence-corrected chi connectivity index (χ0v) is 23.6. The van der Waals surface area contributed by atoms with E-state index in [0.717, 1.165) is 64.2 Å². The molecule has 4 heterocycles. The monoisotopic (exact) mass is 553 g/mol. The Morgan fingerprint density at radius 1 is 1.18 bits per heavy atom. The number of amides is 2. The first-order valence-electron chi connectivity index (χ1n) is 14.7. The summed E-state index contributed by atoms with van der Waals surface area (Å²) in [5.74, 6) is -0.103. The third-order valence-electron chi connectivity index (χ3n) is 9.44. The van der Waals surface area contributed by atoms with Crippen LogP contribution in [0.3, 0.4) is 0 Å². The van der Waals surface area contributed by atoms with Gasteiger partial charge in [0.25, 0.3) is 0 Å². The van der Waals surface area contributed by atoms with Crippen LogP contribution in [0.1, 0.15) is 52.0 Å². The summed E-state index contributed by atoms with van der Waals surface area (Å²) < 4.78 is 26.3. The van der Waals surface area contributed by atoms with Gasteiger partial charge in [0, 0.05) is 43.8 Å². The van der Waals surface area contributed by atoms with Crippen molar-refractivity contribution >= 4 is 17.7 Å². The van der Waals surface area contributed by atoms with E-state index >= 15 is 4.39 Å². The van der Waals surface area contributed by atoms with Crippen LogP contribution in [-0.4, -0.2) is 90.5 Å². The largest absolute Gasteiger partial charge is 0.444 e. The number of hydrogen-bond acceptors (Lipinski definition) is 7. The first-order valence-corrected chi connectivity index (χ1v) is 14.7. The quantitative estimate of drug-likeness (QED) is 0.578. The molecular formula is C30H40FN5O4. The van der Waals surface area contributed by atoms with Gasteiger partial charge in [-0.05, 0) is 76.0 Å². The standard InChI is InChI=1S/C30H40FN5O4/c1-30(2,3)40-29(38)36-23-7-5-19(11-23)27(36)28(37)33-21(13-32)10-18-4-6-22(12-25(18)31)35-9-8-20-14-34(15-26(20)35)24-16-39-17-24/h4,6,12,19-21,23-24,26-27H,5,7-11,14-17H2,1-3H3,(H,33,37)/t19-,20?,21-,23+,26?,27-/m0/s1. The Labute approximate surface area is 235 Å². The van der Waals surface area contributed by atoms with Crippen LogP contribution in [0.15, 0.2) is 18.2 Å². The number of carbonyl (C=O) groups excluding carboxylic acids is 2. The van der Waals surface area contributed by atoms with Crippen molar-refractivity contribution in [3.05, 3.63) is 29.6 Å². The molecule has 2 unspecified atom stereocenters. The molecule has 40 heavy (non-hydrogen) atoms. The Morgan fingerprint density at radius 2 is 1.98 bits per heavy atom. The van der Waals surface area contributed by atoms with Gasteiger partial charge in [-0.1, -0.05) is 6.07 Å². The molecule has 1 N–H and O–H groups in total. The maximum atomic E-state index is 15.4. The van der Waals surface area contributed by atoms with Gasteiger partial charge in [-0.15, -0.1) is 0 Å². The zero-order valence-electron chi connectivity index (χ0n) is 23.6. The van der Waals surface area contributed by atoms with Crippen LogP contribution in [-0.2, 0) is 20.7 Å². The highest BCUT2D eigenvalue weighted by atomic mass is 19.1. The summed E-state index contributed by atoms with van der Waals surface area (Å²) in [4.78, 5) is 32.7. The predicted octanol–water partition coefficient (Wildman–Crippen LogP) is 3.07. The number of hydrogen-bond donors (Lipinski definition) is 1. The summed E-state index contributed by atoms with van der Waals surface area (Å²) in [6, 6.07) is 6.67. The average Bonchev–Trinajstić information content (AvgIpc) is 3.63. The van der Waals surface area contributed by atoms with E-state index in [1.807, 2.05) is 6.07 Å². The van der Waals surface area contributed by atoms with Crippen molar-refractivity contribution in [1.29, 1.82) is 5.26 Å². The molecule has 1 aromatic carbocycles. The van der Waals surface area contributed by atoms with E-state index in [1.54, 1.807) is 37.8 Å². The van der Waals surface area contributed by atoms with Crippen molar-refractivity contribution in [2.24, 2.45) is 11.8 Å². The van der Waals surface area contributed by atoms with Gasteiger partial charge < -0.3 is 19.7 Å². The lowest BCUT2D eigenvalue weighted by Crippen LogP contribution is -2.55. The summed E-state index contributed by atoms with van der Waals surface area (Å²) in [6.07, 6.45) is 3.13. The van der Waals surface area contributed by atoms with Gasteiger partial charge in [-0.2, -0.15) is 5.26 Å². The van der Waals surface area contributed by atoms with Crippen LogP contribution in [0.5, 0.6) is 0 Å². The molecule has 0 spiro atoms. The van der Waals surface area contributed by atoms with Gasteiger partial charge in [0.05, 0.1) is 25.3 Å². The lowest BCUT2D eigenvalue weighted by Gasteiger charge is -2.36. The number of halogens is 1. The number of benzene rings is 1. The second-order valence-corrected chi connectivity index (χ2v) is 13.2. The highest BCUT2D eigenvalue weighted by Crippen LogP contribution is 2.43. The Bertz CT molecular complexity index is 1190. The third kappa shape index (κ3) is 5.14. The second-order valence-electron chi connectivity index (χ2n) is 13.2. The van der Waals surface area contributed by atoms with Gasteiger partial charge in [0.2, 0.25) is 5.91 Å². The molecule has 4 saturated heterocycles. The number of nitriles is 1. The third-order valence-corrected chi connectivity index (χ3v) is 9.44. The number of piperidine rings is 1. The predicted molar refractivity (Wildman–Crippen MR) is 146 cm³/mol. The van der Waals surface area contributed by atoms with Crippen molar-refractivity contribution in [2.75, 3.05) is 37.7 Å². The topological polar surface area (TPSA) is 98.1 Å². The van der Waals surface area contributed by atoms with Gasteiger partial charge in [-0.25, -0.2) is 9.18 Å². The molecule has 10 heteroatoms. The molecule has 6 atom stereocenters. The maximum Gasteiger partial charge on any atom is 0.411 e. The number of anilines is 1. The van der Waals surface area contributed by atoms with E-state index in [4.69, 9.17) is 9.47 Å². The SMILES string of the molecule is CC(C)(C)OC(=O)N1[C@@H]2CC[C@@H](C2)[C@H]1C(=O)N[C@H](C#N)Cc1ccc(N2CCC3CN(C4COC4)CC32)cc1F. The Morgan fingerprint density at radius 3 is 2.65 bits per heavy atom. The Hall–Kier alpha value is -2.90. The summed E-state index contributed by atoms with van der Waals surface area (Å²) in [5.41, 5.74) is 0.591. The van der Waals surface area contributed by atoms with Crippen LogP contribution in [0.25, 0.3) is 0 Å². The van der Waals surface area contributed by atoms with Crippen molar-refractivity contribution in [1.82, 2.24) is 15.1 Å². The first-order chi connectivity index (χ1) is 19.1. The van der Waals surface area contributed by atoms with Crippen LogP contribution in [0, 0.1) is 29.0 Å². The summed E-state index contributed by atoms with van der Waals surface area (Å²) in [5, 5.41) is 12.6. The van der Waals surface area contributed by atoms with Gasteiger partial charge in [0.15, 0.2) is 0 Å². The average molecular weight is 554 g/mol. The molecule has 0 aromatic heterocycles. The molecule has 216 valence electrons. The first kappa shape index (κ1) is 27.3. The number of likely N-dealkylation sites (tertiary alicyclic amines) is 2. The maximum absolute atomic E-state index is 15.4. The van der Waals surface area contributed by atoms with E-state index in [9.17, 15) is 14.9 Å². The Balaban J connectivity index is 1.10. The molecule has 0 radical (unpaired) electrons. The van der Waals surface area contributed by atoms with E-state index in [2.05, 4.69) is 21.2 Å². The van der Waals surface area contributed by atoms with Crippen LogP contribution in [0.2, 0.25) is 0 Å². The minimum absolute atomic E-state index is 0.0275. The molecule has 5 aliphatic rings. The normalized spacial score (nSPS) is 30.6. The summed E-state index contributed by atoms with van der Waals surface area (Å²) >= 11 is 0. The van der Waals surface area contributed by atoms with Crippen molar-refractivity contribution in [3.63, 3.8) is 0 Å². The number of nitrogens with zero attached hydrogens (tertiary/aromatic N) is 4. The van der Waals surface area contributed by atoms with Crippen molar-refractivity contribution in [2.45, 2.75) is 88.7 Å². The summed E-state index contributed by atoms with van der Waals surface area (Å²) in [6.45, 7) is 9.98. The highest BCUT2D eigenvalue weighted by Gasteiger charge is 2.52. The van der Waals surface area contributed by atoms with E-state index < -0.39 is 23.8 Å².